The summed E-state index contributed by atoms with van der Waals surface area (Å²) in [5.74, 6) is -0.338. The Labute approximate surface area is 177 Å². The van der Waals surface area contributed by atoms with E-state index in [0.717, 1.165) is 6.42 Å². The lowest BCUT2D eigenvalue weighted by atomic mass is 10.1. The topological polar surface area (TPSA) is 66.5 Å². The number of rotatable bonds is 5. The van der Waals surface area contributed by atoms with Crippen LogP contribution in [0.15, 0.2) is 71.6 Å². The van der Waals surface area contributed by atoms with E-state index in [2.05, 4.69) is 17.4 Å². The molecule has 0 spiro atoms. The number of carbonyl (C=O) groups is 1. The van der Waals surface area contributed by atoms with Crippen molar-refractivity contribution in [2.24, 2.45) is 0 Å². The van der Waals surface area contributed by atoms with Crippen molar-refractivity contribution >= 4 is 21.6 Å². The molecule has 0 fully saturated rings. The molecule has 0 heterocycles. The summed E-state index contributed by atoms with van der Waals surface area (Å²) in [6.45, 7) is 3.61. The molecule has 0 aromatic heterocycles. The van der Waals surface area contributed by atoms with Gasteiger partial charge in [-0.3, -0.25) is 4.79 Å². The summed E-state index contributed by atoms with van der Waals surface area (Å²) in [5.41, 5.74) is 5.87. The molecule has 154 valence electrons. The van der Waals surface area contributed by atoms with Crippen LogP contribution in [0, 0.1) is 0 Å². The second-order valence-corrected chi connectivity index (χ2v) is 9.80. The number of hydrogen-bond donors (Lipinski definition) is 1. The highest BCUT2D eigenvalue weighted by Crippen LogP contribution is 2.37. The number of hydrogen-bond acceptors (Lipinski definition) is 3. The first-order valence-electron chi connectivity index (χ1n) is 9.88. The highest BCUT2D eigenvalue weighted by atomic mass is 32.2. The van der Waals surface area contributed by atoms with Gasteiger partial charge in [0, 0.05) is 24.3 Å². The zero-order valence-corrected chi connectivity index (χ0v) is 18.0. The first kappa shape index (κ1) is 20.3. The summed E-state index contributed by atoms with van der Waals surface area (Å²) < 4.78 is 26.8. The van der Waals surface area contributed by atoms with E-state index >= 15 is 0 Å². The van der Waals surface area contributed by atoms with Gasteiger partial charge >= 0.3 is 0 Å². The molecule has 4 rings (SSSR count). The minimum absolute atomic E-state index is 0.107. The van der Waals surface area contributed by atoms with E-state index in [9.17, 15) is 13.2 Å². The predicted molar refractivity (Wildman–Crippen MR) is 119 cm³/mol. The molecule has 3 aromatic carbocycles. The molecular formula is C24H24N2O3S. The number of nitrogens with zero attached hydrogens (tertiary/aromatic N) is 1. The zero-order chi connectivity index (χ0) is 21.5. The maximum atomic E-state index is 12.8. The van der Waals surface area contributed by atoms with Gasteiger partial charge in [0.05, 0.1) is 4.90 Å². The minimum Gasteiger partial charge on any atom is -0.322 e. The van der Waals surface area contributed by atoms with E-state index in [1.807, 2.05) is 30.3 Å². The highest BCUT2D eigenvalue weighted by Gasteiger charge is 2.24. The van der Waals surface area contributed by atoms with E-state index < -0.39 is 10.0 Å². The third-order valence-corrected chi connectivity index (χ3v) is 7.58. The highest BCUT2D eigenvalue weighted by molar-refractivity contribution is 7.89. The van der Waals surface area contributed by atoms with E-state index in [4.69, 9.17) is 0 Å². The molecule has 1 aliphatic rings. The third kappa shape index (κ3) is 3.64. The van der Waals surface area contributed by atoms with Gasteiger partial charge in [0.25, 0.3) is 5.91 Å². The summed E-state index contributed by atoms with van der Waals surface area (Å²) in [5, 5.41) is 2.90. The average Bonchev–Trinajstić information content (AvgIpc) is 3.10. The van der Waals surface area contributed by atoms with Crippen molar-refractivity contribution in [3.05, 3.63) is 83.4 Å². The van der Waals surface area contributed by atoms with Gasteiger partial charge in [-0.2, -0.15) is 4.31 Å². The van der Waals surface area contributed by atoms with Gasteiger partial charge in [-0.15, -0.1) is 0 Å². The molecule has 0 atom stereocenters. The van der Waals surface area contributed by atoms with Gasteiger partial charge in [0.2, 0.25) is 10.0 Å². The molecule has 0 saturated carbocycles. The van der Waals surface area contributed by atoms with E-state index in [-0.39, 0.29) is 16.8 Å². The van der Waals surface area contributed by atoms with Crippen molar-refractivity contribution in [3.8, 4) is 11.1 Å². The molecule has 30 heavy (non-hydrogen) atoms. The first-order valence-corrected chi connectivity index (χ1v) is 11.3. The lowest BCUT2D eigenvalue weighted by Gasteiger charge is -2.21. The molecule has 5 nitrogen and oxygen atoms in total. The maximum absolute atomic E-state index is 12.8. The minimum atomic E-state index is -3.65. The molecule has 0 bridgehead atoms. The molecule has 0 aliphatic heterocycles. The Bertz CT molecular complexity index is 1230. The molecular weight excluding hydrogens is 396 g/mol. The van der Waals surface area contributed by atoms with Gasteiger partial charge in [-0.1, -0.05) is 36.4 Å². The van der Waals surface area contributed by atoms with Crippen LogP contribution in [0.5, 0.6) is 0 Å². The van der Waals surface area contributed by atoms with Gasteiger partial charge < -0.3 is 5.32 Å². The van der Waals surface area contributed by atoms with Crippen LogP contribution in [-0.4, -0.2) is 31.7 Å². The number of nitrogens with one attached hydrogen (secondary N) is 1. The maximum Gasteiger partial charge on any atom is 0.255 e. The fraction of sp³-hybridized carbons (Fsp3) is 0.208. The quantitative estimate of drug-likeness (QED) is 0.515. The summed E-state index contributed by atoms with van der Waals surface area (Å²) in [4.78, 5) is 12.9. The molecule has 6 heteroatoms. The van der Waals surface area contributed by atoms with E-state index in [1.165, 1.54) is 45.7 Å². The van der Waals surface area contributed by atoms with Gasteiger partial charge in [0.1, 0.15) is 0 Å². The SMILES string of the molecule is CC(C)N(C)S(=O)(=O)c1cccc(C(=O)Nc2ccc3c(c2)Cc2ccccc2-3)c1. The fourth-order valence-corrected chi connectivity index (χ4v) is 5.08. The normalized spacial score (nSPS) is 12.7. The monoisotopic (exact) mass is 420 g/mol. The summed E-state index contributed by atoms with van der Waals surface area (Å²) in [6, 6.07) is 20.1. The molecule has 0 radical (unpaired) electrons. The van der Waals surface area contributed by atoms with Crippen LogP contribution in [0.3, 0.4) is 0 Å². The summed E-state index contributed by atoms with van der Waals surface area (Å²) >= 11 is 0. The molecule has 1 aliphatic carbocycles. The van der Waals surface area contributed by atoms with Crippen LogP contribution in [0.4, 0.5) is 5.69 Å². The van der Waals surface area contributed by atoms with Crippen molar-refractivity contribution in [2.45, 2.75) is 31.2 Å². The lowest BCUT2D eigenvalue weighted by Crippen LogP contribution is -2.33. The predicted octanol–water partition coefficient (Wildman–Crippen LogP) is 4.54. The number of carbonyl (C=O) groups excluding carboxylic acids is 1. The second-order valence-electron chi connectivity index (χ2n) is 7.80. The summed E-state index contributed by atoms with van der Waals surface area (Å²) in [7, 11) is -2.12. The Hall–Kier alpha value is -2.96. The van der Waals surface area contributed by atoms with Crippen molar-refractivity contribution < 1.29 is 13.2 Å². The second kappa shape index (κ2) is 7.70. The van der Waals surface area contributed by atoms with E-state index in [0.29, 0.717) is 11.3 Å². The Morgan fingerprint density at radius 3 is 2.43 bits per heavy atom. The van der Waals surface area contributed by atoms with Crippen LogP contribution in [-0.2, 0) is 16.4 Å². The largest absolute Gasteiger partial charge is 0.322 e. The molecule has 1 N–H and O–H groups in total. The fourth-order valence-electron chi connectivity index (χ4n) is 3.67. The van der Waals surface area contributed by atoms with Crippen LogP contribution >= 0.6 is 0 Å². The van der Waals surface area contributed by atoms with Crippen molar-refractivity contribution in [3.63, 3.8) is 0 Å². The Morgan fingerprint density at radius 2 is 1.67 bits per heavy atom. The Balaban J connectivity index is 1.56. The lowest BCUT2D eigenvalue weighted by molar-refractivity contribution is 0.102. The van der Waals surface area contributed by atoms with Crippen molar-refractivity contribution in [2.75, 3.05) is 12.4 Å². The molecule has 0 saturated heterocycles. The smallest absolute Gasteiger partial charge is 0.255 e. The third-order valence-electron chi connectivity index (χ3n) is 5.55. The number of amides is 1. The summed E-state index contributed by atoms with van der Waals surface area (Å²) in [6.07, 6.45) is 0.838. The van der Waals surface area contributed by atoms with Crippen molar-refractivity contribution in [1.29, 1.82) is 0 Å². The van der Waals surface area contributed by atoms with Crippen LogP contribution < -0.4 is 5.32 Å². The number of sulfonamides is 1. The Morgan fingerprint density at radius 1 is 0.933 bits per heavy atom. The number of anilines is 1. The van der Waals surface area contributed by atoms with Gasteiger partial charge in [0.15, 0.2) is 0 Å². The van der Waals surface area contributed by atoms with Crippen molar-refractivity contribution in [1.82, 2.24) is 4.31 Å². The van der Waals surface area contributed by atoms with Crippen LogP contribution in [0.2, 0.25) is 0 Å². The molecule has 3 aromatic rings. The number of fused-ring (bicyclic) bond motifs is 3. The standard InChI is InChI=1S/C24H24N2O3S/c1-16(2)26(3)30(28,29)21-9-6-8-18(15-21)24(27)25-20-11-12-23-19(14-20)13-17-7-4-5-10-22(17)23/h4-12,14-16H,13H2,1-3H3,(H,25,27). The van der Waals surface area contributed by atoms with Crippen LogP contribution in [0.1, 0.15) is 35.3 Å². The van der Waals surface area contributed by atoms with Gasteiger partial charge in [-0.25, -0.2) is 8.42 Å². The number of benzene rings is 3. The average molecular weight is 421 g/mol. The molecule has 1 amide bonds. The Kier molecular flexibility index (Phi) is 5.22. The first-order chi connectivity index (χ1) is 14.3. The van der Waals surface area contributed by atoms with E-state index in [1.54, 1.807) is 26.0 Å². The van der Waals surface area contributed by atoms with Gasteiger partial charge in [-0.05, 0) is 72.9 Å². The van der Waals surface area contributed by atoms with Crippen LogP contribution in [0.25, 0.3) is 11.1 Å². The zero-order valence-electron chi connectivity index (χ0n) is 17.2. The molecule has 0 unspecified atom stereocenters.